The van der Waals surface area contributed by atoms with Gasteiger partial charge in [0.25, 0.3) is 0 Å². The van der Waals surface area contributed by atoms with Crippen molar-refractivity contribution in [2.45, 2.75) is 20.5 Å². The molecule has 0 radical (unpaired) electrons. The van der Waals surface area contributed by atoms with Crippen molar-refractivity contribution in [3.63, 3.8) is 0 Å². The number of nitriles is 1. The fourth-order valence-corrected chi connectivity index (χ4v) is 2.79. The van der Waals surface area contributed by atoms with Crippen LogP contribution in [0.5, 0.6) is 11.5 Å². The fraction of sp³-hybridized carbons (Fsp3) is 0.200. The van der Waals surface area contributed by atoms with E-state index in [4.69, 9.17) is 27.0 Å². The molecule has 1 aromatic heterocycles. The van der Waals surface area contributed by atoms with Crippen LogP contribution in [0, 0.1) is 29.9 Å². The van der Waals surface area contributed by atoms with Gasteiger partial charge >= 0.3 is 0 Å². The highest BCUT2D eigenvalue weighted by Crippen LogP contribution is 2.17. The van der Waals surface area contributed by atoms with E-state index in [-0.39, 0.29) is 13.2 Å². The van der Waals surface area contributed by atoms with Gasteiger partial charge in [-0.1, -0.05) is 6.07 Å². The molecule has 1 N–H and O–H groups in total. The van der Waals surface area contributed by atoms with Crippen molar-refractivity contribution in [2.24, 2.45) is 5.10 Å². The van der Waals surface area contributed by atoms with Crippen molar-refractivity contribution in [2.75, 3.05) is 6.61 Å². The summed E-state index contributed by atoms with van der Waals surface area (Å²) >= 11 is 5.25. The summed E-state index contributed by atoms with van der Waals surface area (Å²) in [6.45, 7) is 4.30. The first kappa shape index (κ1) is 19.3. The topological polar surface area (TPSA) is 88.2 Å². The number of hydrogen-bond donors (Lipinski definition) is 1. The Labute approximate surface area is 167 Å². The second-order valence-corrected chi connectivity index (χ2v) is 6.52. The molecule has 0 amide bonds. The zero-order chi connectivity index (χ0) is 19.9. The number of rotatable bonds is 7. The second kappa shape index (κ2) is 8.97. The summed E-state index contributed by atoms with van der Waals surface area (Å²) < 4.78 is 13.0. The van der Waals surface area contributed by atoms with E-state index in [0.717, 1.165) is 22.4 Å². The maximum Gasteiger partial charge on any atom is 0.216 e. The molecule has 1 heterocycles. The second-order valence-electron chi connectivity index (χ2n) is 6.13. The SMILES string of the molecule is Cc1cc(C)cc(OCc2n[nH]c(=S)n2/N=C\c2ccc(OCC#N)cc2)c1. The maximum atomic E-state index is 8.54. The van der Waals surface area contributed by atoms with Crippen LogP contribution >= 0.6 is 12.2 Å². The largest absolute Gasteiger partial charge is 0.486 e. The number of nitrogens with one attached hydrogen (secondary N) is 1. The van der Waals surface area contributed by atoms with Gasteiger partial charge in [0.05, 0.1) is 6.21 Å². The Bertz CT molecular complexity index is 1060. The van der Waals surface area contributed by atoms with Crippen molar-refractivity contribution in [3.8, 4) is 17.6 Å². The first-order valence-corrected chi connectivity index (χ1v) is 8.97. The predicted molar refractivity (Wildman–Crippen MR) is 108 cm³/mol. The van der Waals surface area contributed by atoms with Gasteiger partial charge in [0.15, 0.2) is 12.4 Å². The van der Waals surface area contributed by atoms with E-state index in [0.29, 0.717) is 16.3 Å². The lowest BCUT2D eigenvalue weighted by molar-refractivity contribution is 0.290. The predicted octanol–water partition coefficient (Wildman–Crippen LogP) is 3.92. The van der Waals surface area contributed by atoms with Crippen LogP contribution in [0.15, 0.2) is 47.6 Å². The lowest BCUT2D eigenvalue weighted by atomic mass is 10.1. The van der Waals surface area contributed by atoms with Crippen LogP contribution < -0.4 is 9.47 Å². The van der Waals surface area contributed by atoms with Crippen LogP contribution in [0.4, 0.5) is 0 Å². The Hall–Kier alpha value is -3.44. The molecular weight excluding hydrogens is 374 g/mol. The van der Waals surface area contributed by atoms with Gasteiger partial charge in [-0.2, -0.15) is 20.1 Å². The highest BCUT2D eigenvalue weighted by atomic mass is 32.1. The molecule has 0 aliphatic rings. The lowest BCUT2D eigenvalue weighted by Crippen LogP contribution is -2.04. The number of nitrogens with zero attached hydrogens (tertiary/aromatic N) is 4. The van der Waals surface area contributed by atoms with Gasteiger partial charge in [0.2, 0.25) is 4.77 Å². The van der Waals surface area contributed by atoms with E-state index in [1.807, 2.05) is 44.2 Å². The van der Waals surface area contributed by atoms with Crippen molar-refractivity contribution >= 4 is 18.4 Å². The van der Waals surface area contributed by atoms with Crippen LogP contribution in [0.3, 0.4) is 0 Å². The fourth-order valence-electron chi connectivity index (χ4n) is 2.59. The summed E-state index contributed by atoms with van der Waals surface area (Å²) in [6, 6.07) is 15.2. The van der Waals surface area contributed by atoms with Crippen molar-refractivity contribution in [1.82, 2.24) is 14.9 Å². The van der Waals surface area contributed by atoms with Crippen molar-refractivity contribution in [3.05, 3.63) is 69.8 Å². The standard InChI is InChI=1S/C20H19N5O2S/c1-14-9-15(2)11-18(10-14)27-13-19-23-24-20(28)25(19)22-12-16-3-5-17(6-4-16)26-8-7-21/h3-6,9-12H,8,13H2,1-2H3,(H,24,28)/b22-12-. The molecule has 0 saturated carbocycles. The number of hydrogen-bond acceptors (Lipinski definition) is 6. The van der Waals surface area contributed by atoms with Crippen LogP contribution in [0.2, 0.25) is 0 Å². The molecule has 3 aromatic rings. The third kappa shape index (κ3) is 5.05. The van der Waals surface area contributed by atoms with Crippen LogP contribution in [-0.4, -0.2) is 27.7 Å². The Morgan fingerprint density at radius 2 is 1.86 bits per heavy atom. The summed E-state index contributed by atoms with van der Waals surface area (Å²) in [6.07, 6.45) is 1.67. The summed E-state index contributed by atoms with van der Waals surface area (Å²) in [7, 11) is 0. The third-order valence-electron chi connectivity index (χ3n) is 3.79. The highest BCUT2D eigenvalue weighted by Gasteiger charge is 2.07. The van der Waals surface area contributed by atoms with Crippen LogP contribution in [0.1, 0.15) is 22.5 Å². The number of aromatic amines is 1. The minimum absolute atomic E-state index is 0.0153. The molecule has 3 rings (SSSR count). The molecule has 0 aliphatic carbocycles. The summed E-state index contributed by atoms with van der Waals surface area (Å²) in [5.41, 5.74) is 3.12. The minimum atomic E-state index is 0.0153. The lowest BCUT2D eigenvalue weighted by Gasteiger charge is -2.07. The highest BCUT2D eigenvalue weighted by molar-refractivity contribution is 7.71. The average Bonchev–Trinajstić information content (AvgIpc) is 3.03. The number of aromatic nitrogens is 3. The molecule has 7 nitrogen and oxygen atoms in total. The van der Waals surface area contributed by atoms with Crippen molar-refractivity contribution in [1.29, 1.82) is 5.26 Å². The van der Waals surface area contributed by atoms with Crippen molar-refractivity contribution < 1.29 is 9.47 Å². The Balaban J connectivity index is 1.71. The molecule has 0 spiro atoms. The number of benzene rings is 2. The summed E-state index contributed by atoms with van der Waals surface area (Å²) in [5, 5.41) is 19.9. The van der Waals surface area contributed by atoms with Gasteiger partial charge in [-0.3, -0.25) is 0 Å². The van der Waals surface area contributed by atoms with Gasteiger partial charge in [-0.05, 0) is 79.2 Å². The molecular formula is C20H19N5O2S. The third-order valence-corrected chi connectivity index (χ3v) is 4.05. The number of ether oxygens (including phenoxy) is 2. The van der Waals surface area contributed by atoms with E-state index < -0.39 is 0 Å². The maximum absolute atomic E-state index is 8.54. The Kier molecular flexibility index (Phi) is 6.19. The number of H-pyrrole nitrogens is 1. The van der Waals surface area contributed by atoms with Gasteiger partial charge in [0, 0.05) is 0 Å². The van der Waals surface area contributed by atoms with Gasteiger partial charge in [0.1, 0.15) is 24.2 Å². The first-order chi connectivity index (χ1) is 13.5. The van der Waals surface area contributed by atoms with Crippen LogP contribution in [0.25, 0.3) is 0 Å². The van der Waals surface area contributed by atoms with Gasteiger partial charge < -0.3 is 9.47 Å². The summed E-state index contributed by atoms with van der Waals surface area (Å²) in [5.74, 6) is 1.96. The van der Waals surface area contributed by atoms with E-state index in [9.17, 15) is 0 Å². The molecule has 142 valence electrons. The molecule has 0 fully saturated rings. The normalized spacial score (nSPS) is 10.8. The zero-order valence-electron chi connectivity index (χ0n) is 15.5. The molecule has 2 aromatic carbocycles. The molecule has 0 bridgehead atoms. The Morgan fingerprint density at radius 3 is 2.54 bits per heavy atom. The molecule has 0 saturated heterocycles. The average molecular weight is 393 g/mol. The molecule has 0 aliphatic heterocycles. The van der Waals surface area contributed by atoms with E-state index in [2.05, 4.69) is 21.4 Å². The molecule has 0 unspecified atom stereocenters. The van der Waals surface area contributed by atoms with E-state index in [1.54, 1.807) is 18.3 Å². The quantitative estimate of drug-likeness (QED) is 0.485. The summed E-state index contributed by atoms with van der Waals surface area (Å²) in [4.78, 5) is 0. The smallest absolute Gasteiger partial charge is 0.216 e. The van der Waals surface area contributed by atoms with Crippen LogP contribution in [-0.2, 0) is 6.61 Å². The monoisotopic (exact) mass is 393 g/mol. The number of aryl methyl sites for hydroxylation is 2. The van der Waals surface area contributed by atoms with Gasteiger partial charge in [-0.25, -0.2) is 5.10 Å². The Morgan fingerprint density at radius 1 is 1.14 bits per heavy atom. The molecule has 0 atom stereocenters. The van der Waals surface area contributed by atoms with E-state index >= 15 is 0 Å². The zero-order valence-corrected chi connectivity index (χ0v) is 16.4. The first-order valence-electron chi connectivity index (χ1n) is 8.57. The van der Waals surface area contributed by atoms with Gasteiger partial charge in [-0.15, -0.1) is 0 Å². The minimum Gasteiger partial charge on any atom is -0.486 e. The molecule has 8 heteroatoms. The molecule has 28 heavy (non-hydrogen) atoms. The van der Waals surface area contributed by atoms with E-state index in [1.165, 1.54) is 4.68 Å².